The molecule has 17 heavy (non-hydrogen) atoms. The fraction of sp³-hybridized carbons (Fsp3) is 0.417. The van der Waals surface area contributed by atoms with Crippen LogP contribution in [-0.2, 0) is 6.42 Å². The van der Waals surface area contributed by atoms with Gasteiger partial charge in [0.2, 0.25) is 5.28 Å². The van der Waals surface area contributed by atoms with Gasteiger partial charge in [0.25, 0.3) is 0 Å². The van der Waals surface area contributed by atoms with Crippen molar-refractivity contribution in [2.45, 2.75) is 32.6 Å². The van der Waals surface area contributed by atoms with Crippen LogP contribution in [0.1, 0.15) is 31.9 Å². The summed E-state index contributed by atoms with van der Waals surface area (Å²) in [5, 5.41) is 3.28. The Balaban J connectivity index is 2.07. The van der Waals surface area contributed by atoms with Crippen molar-refractivity contribution >= 4 is 22.9 Å². The predicted octanol–water partition coefficient (Wildman–Crippen LogP) is 3.99. The molecule has 0 radical (unpaired) electrons. The normalized spacial score (nSPS) is 10.7. The maximum atomic E-state index is 5.76. The van der Waals surface area contributed by atoms with E-state index in [1.165, 1.54) is 19.3 Å². The van der Waals surface area contributed by atoms with E-state index >= 15 is 0 Å². The van der Waals surface area contributed by atoms with Gasteiger partial charge in [-0.1, -0.05) is 19.8 Å². The van der Waals surface area contributed by atoms with Crippen LogP contribution in [0.5, 0.6) is 0 Å². The van der Waals surface area contributed by atoms with Crippen molar-refractivity contribution < 1.29 is 0 Å². The zero-order valence-electron chi connectivity index (χ0n) is 9.69. The number of unbranched alkanes of at least 4 members (excludes halogenated alkanes) is 2. The molecule has 2 aromatic heterocycles. The summed E-state index contributed by atoms with van der Waals surface area (Å²) in [4.78, 5) is 12.6. The molecule has 2 heterocycles. The van der Waals surface area contributed by atoms with Gasteiger partial charge in [0.15, 0.2) is 0 Å². The van der Waals surface area contributed by atoms with Crippen molar-refractivity contribution in [1.82, 2.24) is 15.0 Å². The van der Waals surface area contributed by atoms with Gasteiger partial charge in [0.05, 0.1) is 5.69 Å². The molecule has 0 N–H and O–H groups in total. The van der Waals surface area contributed by atoms with E-state index in [0.29, 0.717) is 0 Å². The van der Waals surface area contributed by atoms with Crippen molar-refractivity contribution in [3.8, 4) is 10.7 Å². The molecule has 0 unspecified atom stereocenters. The van der Waals surface area contributed by atoms with Crippen LogP contribution in [0.3, 0.4) is 0 Å². The van der Waals surface area contributed by atoms with Gasteiger partial charge in [-0.3, -0.25) is 0 Å². The third kappa shape index (κ3) is 3.48. The van der Waals surface area contributed by atoms with Crippen LogP contribution in [0.2, 0.25) is 5.28 Å². The predicted molar refractivity (Wildman–Crippen MR) is 71.4 cm³/mol. The minimum absolute atomic E-state index is 0.269. The maximum absolute atomic E-state index is 5.76. The minimum atomic E-state index is 0.269. The first-order valence-electron chi connectivity index (χ1n) is 5.73. The molecule has 5 heteroatoms. The van der Waals surface area contributed by atoms with Gasteiger partial charge in [0, 0.05) is 11.6 Å². The molecule has 0 aliphatic carbocycles. The van der Waals surface area contributed by atoms with Crippen molar-refractivity contribution in [1.29, 1.82) is 0 Å². The molecule has 3 nitrogen and oxygen atoms in total. The molecule has 2 aromatic rings. The van der Waals surface area contributed by atoms with Crippen molar-refractivity contribution in [3.05, 3.63) is 28.6 Å². The highest BCUT2D eigenvalue weighted by Gasteiger charge is 2.06. The second kappa shape index (κ2) is 6.07. The average molecular weight is 268 g/mol. The molecule has 2 rings (SSSR count). The van der Waals surface area contributed by atoms with Crippen LogP contribution in [-0.4, -0.2) is 15.0 Å². The lowest BCUT2D eigenvalue weighted by molar-refractivity contribution is 0.710. The molecule has 0 bridgehead atoms. The molecule has 0 aromatic carbocycles. The highest BCUT2D eigenvalue weighted by molar-refractivity contribution is 7.13. The van der Waals surface area contributed by atoms with Crippen LogP contribution >= 0.6 is 22.9 Å². The summed E-state index contributed by atoms with van der Waals surface area (Å²) < 4.78 is 0. The monoisotopic (exact) mass is 267 g/mol. The molecule has 0 aliphatic rings. The lowest BCUT2D eigenvalue weighted by Crippen LogP contribution is -1.88. The minimum Gasteiger partial charge on any atom is -0.239 e. The van der Waals surface area contributed by atoms with E-state index in [9.17, 15) is 0 Å². The van der Waals surface area contributed by atoms with E-state index in [1.54, 1.807) is 17.5 Å². The van der Waals surface area contributed by atoms with Crippen LogP contribution in [0.25, 0.3) is 10.7 Å². The van der Waals surface area contributed by atoms with E-state index in [1.807, 2.05) is 6.07 Å². The van der Waals surface area contributed by atoms with Crippen LogP contribution in [0, 0.1) is 0 Å². The number of hydrogen-bond donors (Lipinski definition) is 0. The van der Waals surface area contributed by atoms with Gasteiger partial charge in [-0.2, -0.15) is 0 Å². The number of thiazole rings is 1. The Labute approximate surface area is 110 Å². The summed E-state index contributed by atoms with van der Waals surface area (Å²) >= 11 is 7.37. The number of hydrogen-bond acceptors (Lipinski definition) is 4. The lowest BCUT2D eigenvalue weighted by atomic mass is 10.2. The van der Waals surface area contributed by atoms with Gasteiger partial charge in [-0.25, -0.2) is 15.0 Å². The Morgan fingerprint density at radius 2 is 2.18 bits per heavy atom. The number of rotatable bonds is 5. The molecule has 0 amide bonds. The molecule has 0 saturated heterocycles. The van der Waals surface area contributed by atoms with Crippen LogP contribution in [0.4, 0.5) is 0 Å². The van der Waals surface area contributed by atoms with Gasteiger partial charge in [-0.05, 0) is 30.5 Å². The zero-order valence-corrected chi connectivity index (χ0v) is 11.3. The number of aromatic nitrogens is 3. The van der Waals surface area contributed by atoms with E-state index in [2.05, 4.69) is 27.3 Å². The molecule has 90 valence electrons. The van der Waals surface area contributed by atoms with E-state index in [0.717, 1.165) is 22.8 Å². The molecular weight excluding hydrogens is 254 g/mol. The molecule has 0 atom stereocenters. The summed E-state index contributed by atoms with van der Waals surface area (Å²) in [7, 11) is 0. The highest BCUT2D eigenvalue weighted by Crippen LogP contribution is 2.23. The third-order valence-corrected chi connectivity index (χ3v) is 3.53. The Morgan fingerprint density at radius 1 is 1.29 bits per heavy atom. The van der Waals surface area contributed by atoms with E-state index in [-0.39, 0.29) is 5.28 Å². The van der Waals surface area contributed by atoms with E-state index in [4.69, 9.17) is 11.6 Å². The first-order chi connectivity index (χ1) is 8.29. The Morgan fingerprint density at radius 3 is 2.94 bits per heavy atom. The number of aryl methyl sites for hydroxylation is 1. The van der Waals surface area contributed by atoms with Gasteiger partial charge >= 0.3 is 0 Å². The molecule has 0 saturated carbocycles. The topological polar surface area (TPSA) is 38.7 Å². The standard InChI is InChI=1S/C12H14ClN3S/c1-2-3-4-5-9-8-17-11(15-9)10-6-7-14-12(13)16-10/h6-8H,2-5H2,1H3. The second-order valence-corrected chi connectivity index (χ2v) is 5.01. The molecule has 0 aliphatic heterocycles. The SMILES string of the molecule is CCCCCc1csc(-c2ccnc(Cl)n2)n1. The van der Waals surface area contributed by atoms with Crippen molar-refractivity contribution in [2.75, 3.05) is 0 Å². The fourth-order valence-electron chi connectivity index (χ4n) is 1.55. The molecule has 0 spiro atoms. The Kier molecular flexibility index (Phi) is 4.45. The van der Waals surface area contributed by atoms with Crippen molar-refractivity contribution in [3.63, 3.8) is 0 Å². The quantitative estimate of drug-likeness (QED) is 0.607. The number of nitrogens with zero attached hydrogens (tertiary/aromatic N) is 3. The highest BCUT2D eigenvalue weighted by atomic mass is 35.5. The summed E-state index contributed by atoms with van der Waals surface area (Å²) in [5.41, 5.74) is 1.95. The maximum Gasteiger partial charge on any atom is 0.222 e. The van der Waals surface area contributed by atoms with E-state index < -0.39 is 0 Å². The summed E-state index contributed by atoms with van der Waals surface area (Å²) in [6.45, 7) is 2.20. The zero-order chi connectivity index (χ0) is 12.1. The lowest BCUT2D eigenvalue weighted by Gasteiger charge is -1.96. The van der Waals surface area contributed by atoms with Crippen LogP contribution in [0.15, 0.2) is 17.6 Å². The van der Waals surface area contributed by atoms with Gasteiger partial charge in [-0.15, -0.1) is 11.3 Å². The second-order valence-electron chi connectivity index (χ2n) is 3.81. The first-order valence-corrected chi connectivity index (χ1v) is 6.98. The van der Waals surface area contributed by atoms with Crippen molar-refractivity contribution in [2.24, 2.45) is 0 Å². The average Bonchev–Trinajstić information content (AvgIpc) is 2.78. The van der Waals surface area contributed by atoms with Gasteiger partial charge < -0.3 is 0 Å². The molecular formula is C12H14ClN3S. The first kappa shape index (κ1) is 12.5. The smallest absolute Gasteiger partial charge is 0.222 e. The third-order valence-electron chi connectivity index (χ3n) is 2.43. The summed E-state index contributed by atoms with van der Waals surface area (Å²) in [6.07, 6.45) is 6.39. The fourth-order valence-corrected chi connectivity index (χ4v) is 2.52. The summed E-state index contributed by atoms with van der Waals surface area (Å²) in [5.74, 6) is 0. The largest absolute Gasteiger partial charge is 0.239 e. The molecule has 0 fully saturated rings. The van der Waals surface area contributed by atoms with Gasteiger partial charge in [0.1, 0.15) is 10.7 Å². The summed E-state index contributed by atoms with van der Waals surface area (Å²) in [6, 6.07) is 1.83. The number of halogens is 1. The Hall–Kier alpha value is -1.00. The Bertz CT molecular complexity index is 484. The van der Waals surface area contributed by atoms with Crippen LogP contribution < -0.4 is 0 Å².